The number of thioether (sulfide) groups is 1. The fraction of sp³-hybridized carbons (Fsp3) is 0.179. The Morgan fingerprint density at radius 3 is 2.34 bits per heavy atom. The van der Waals surface area contributed by atoms with Crippen molar-refractivity contribution in [2.24, 2.45) is 5.10 Å². The zero-order valence-corrected chi connectivity index (χ0v) is 22.0. The molecule has 0 aliphatic rings. The first kappa shape index (κ1) is 26.6. The van der Waals surface area contributed by atoms with Crippen molar-refractivity contribution in [3.63, 3.8) is 0 Å². The Morgan fingerprint density at radius 2 is 1.66 bits per heavy atom. The van der Waals surface area contributed by atoms with Gasteiger partial charge in [-0.1, -0.05) is 23.9 Å². The second-order valence-corrected chi connectivity index (χ2v) is 9.06. The highest BCUT2D eigenvalue weighted by Gasteiger charge is 2.15. The lowest BCUT2D eigenvalue weighted by atomic mass is 10.1. The SMILES string of the molecule is CCOc1ccc(-n2c(SCC(=O)NN=C(C)c3ccc(OC(C)=O)cc3)nc3ccccc3c2=O)cc1. The number of nitrogens with one attached hydrogen (secondary N) is 1. The van der Waals surface area contributed by atoms with Gasteiger partial charge < -0.3 is 9.47 Å². The minimum absolute atomic E-state index is 0.00994. The normalized spacial score (nSPS) is 11.3. The first-order valence-corrected chi connectivity index (χ1v) is 12.8. The van der Waals surface area contributed by atoms with Crippen molar-refractivity contribution in [2.45, 2.75) is 25.9 Å². The summed E-state index contributed by atoms with van der Waals surface area (Å²) in [5.41, 5.74) is 4.82. The number of ether oxygens (including phenoxy) is 2. The Bertz CT molecular complexity index is 1550. The van der Waals surface area contributed by atoms with Crippen molar-refractivity contribution >= 4 is 40.3 Å². The molecule has 1 amide bonds. The molecule has 1 aromatic heterocycles. The van der Waals surface area contributed by atoms with Gasteiger partial charge >= 0.3 is 5.97 Å². The number of nitrogens with zero attached hydrogens (tertiary/aromatic N) is 3. The third kappa shape index (κ3) is 6.46. The van der Waals surface area contributed by atoms with E-state index in [4.69, 9.17) is 9.47 Å². The molecule has 194 valence electrons. The maximum Gasteiger partial charge on any atom is 0.308 e. The van der Waals surface area contributed by atoms with Gasteiger partial charge in [0.1, 0.15) is 11.5 Å². The lowest BCUT2D eigenvalue weighted by Crippen LogP contribution is -2.24. The topological polar surface area (TPSA) is 112 Å². The van der Waals surface area contributed by atoms with E-state index < -0.39 is 5.97 Å². The molecule has 38 heavy (non-hydrogen) atoms. The second-order valence-electron chi connectivity index (χ2n) is 8.12. The number of fused-ring (bicyclic) bond motifs is 1. The molecular formula is C28H26N4O5S. The number of aromatic nitrogens is 2. The van der Waals surface area contributed by atoms with Crippen LogP contribution in [0.25, 0.3) is 16.6 Å². The Hall–Kier alpha value is -4.44. The summed E-state index contributed by atoms with van der Waals surface area (Å²) < 4.78 is 12.0. The van der Waals surface area contributed by atoms with Gasteiger partial charge in [0.2, 0.25) is 0 Å². The molecule has 0 saturated heterocycles. The molecule has 0 radical (unpaired) electrons. The number of rotatable bonds is 9. The average molecular weight is 531 g/mol. The molecule has 0 atom stereocenters. The van der Waals surface area contributed by atoms with Crippen LogP contribution in [0.3, 0.4) is 0 Å². The van der Waals surface area contributed by atoms with Crippen LogP contribution in [0.4, 0.5) is 0 Å². The molecular weight excluding hydrogens is 504 g/mol. The monoisotopic (exact) mass is 530 g/mol. The summed E-state index contributed by atoms with van der Waals surface area (Å²) >= 11 is 1.14. The van der Waals surface area contributed by atoms with E-state index in [0.29, 0.717) is 45.6 Å². The van der Waals surface area contributed by atoms with Crippen LogP contribution in [0, 0.1) is 0 Å². The third-order valence-corrected chi connectivity index (χ3v) is 6.30. The Labute approximate surface area is 223 Å². The van der Waals surface area contributed by atoms with Crippen LogP contribution < -0.4 is 20.5 Å². The summed E-state index contributed by atoms with van der Waals surface area (Å²) in [5, 5.41) is 5.03. The smallest absolute Gasteiger partial charge is 0.308 e. The van der Waals surface area contributed by atoms with E-state index in [1.807, 2.05) is 13.0 Å². The van der Waals surface area contributed by atoms with Crippen molar-refractivity contribution in [3.05, 3.63) is 88.7 Å². The summed E-state index contributed by atoms with van der Waals surface area (Å²) in [6.07, 6.45) is 0. The zero-order valence-electron chi connectivity index (χ0n) is 21.1. The van der Waals surface area contributed by atoms with Gasteiger partial charge in [-0.25, -0.2) is 10.4 Å². The fourth-order valence-corrected chi connectivity index (χ4v) is 4.40. The molecule has 1 N–H and O–H groups in total. The van der Waals surface area contributed by atoms with Crippen molar-refractivity contribution in [1.29, 1.82) is 0 Å². The van der Waals surface area contributed by atoms with Gasteiger partial charge in [0.25, 0.3) is 11.5 Å². The van der Waals surface area contributed by atoms with Gasteiger partial charge in [-0.15, -0.1) is 0 Å². The maximum absolute atomic E-state index is 13.4. The summed E-state index contributed by atoms with van der Waals surface area (Å²) in [6, 6.07) is 21.0. The largest absolute Gasteiger partial charge is 0.494 e. The number of carbonyl (C=O) groups excluding carboxylic acids is 2. The Balaban J connectivity index is 1.52. The molecule has 10 heteroatoms. The molecule has 0 aliphatic heterocycles. The van der Waals surface area contributed by atoms with Crippen molar-refractivity contribution < 1.29 is 19.1 Å². The van der Waals surface area contributed by atoms with E-state index in [1.54, 1.807) is 73.7 Å². The molecule has 0 fully saturated rings. The highest BCUT2D eigenvalue weighted by molar-refractivity contribution is 7.99. The van der Waals surface area contributed by atoms with Crippen molar-refractivity contribution in [3.8, 4) is 17.2 Å². The minimum Gasteiger partial charge on any atom is -0.494 e. The molecule has 3 aromatic carbocycles. The highest BCUT2D eigenvalue weighted by atomic mass is 32.2. The number of para-hydroxylation sites is 1. The molecule has 0 bridgehead atoms. The molecule has 1 heterocycles. The molecule has 0 spiro atoms. The van der Waals surface area contributed by atoms with E-state index in [9.17, 15) is 14.4 Å². The van der Waals surface area contributed by atoms with Crippen LogP contribution in [0.1, 0.15) is 26.3 Å². The van der Waals surface area contributed by atoms with E-state index in [-0.39, 0.29) is 17.2 Å². The molecule has 9 nitrogen and oxygen atoms in total. The van der Waals surface area contributed by atoms with Crippen LogP contribution >= 0.6 is 11.8 Å². The second kappa shape index (κ2) is 12.2. The standard InChI is InChI=1S/C28H26N4O5S/c1-4-36-22-15-11-21(12-16-22)32-27(35)24-7-5-6-8-25(24)29-28(32)38-17-26(34)31-30-18(2)20-9-13-23(14-10-20)37-19(3)33/h5-16H,4,17H2,1-3H3,(H,31,34). The number of carbonyl (C=O) groups is 2. The van der Waals surface area contributed by atoms with Gasteiger partial charge in [0.05, 0.1) is 34.7 Å². The minimum atomic E-state index is -0.401. The van der Waals surface area contributed by atoms with Crippen molar-refractivity contribution in [1.82, 2.24) is 15.0 Å². The summed E-state index contributed by atoms with van der Waals surface area (Å²) in [4.78, 5) is 41.7. The lowest BCUT2D eigenvalue weighted by Gasteiger charge is -2.13. The predicted molar refractivity (Wildman–Crippen MR) is 147 cm³/mol. The van der Waals surface area contributed by atoms with Gasteiger partial charge in [-0.3, -0.25) is 19.0 Å². The molecule has 4 rings (SSSR count). The predicted octanol–water partition coefficient (Wildman–Crippen LogP) is 4.34. The number of amides is 1. The Kier molecular flexibility index (Phi) is 8.55. The number of hydrogen-bond acceptors (Lipinski definition) is 8. The molecule has 0 saturated carbocycles. The summed E-state index contributed by atoms with van der Waals surface area (Å²) in [6.45, 7) is 5.52. The van der Waals surface area contributed by atoms with Crippen LogP contribution in [0.15, 0.2) is 87.8 Å². The van der Waals surface area contributed by atoms with Crippen LogP contribution in [-0.4, -0.2) is 39.5 Å². The number of hydrogen-bond donors (Lipinski definition) is 1. The lowest BCUT2D eigenvalue weighted by molar-refractivity contribution is -0.131. The van der Waals surface area contributed by atoms with Gasteiger partial charge in [-0.2, -0.15) is 5.10 Å². The molecule has 0 unspecified atom stereocenters. The summed E-state index contributed by atoms with van der Waals surface area (Å²) in [7, 11) is 0. The van der Waals surface area contributed by atoms with Crippen LogP contribution in [0.2, 0.25) is 0 Å². The van der Waals surface area contributed by atoms with E-state index in [1.165, 1.54) is 11.5 Å². The van der Waals surface area contributed by atoms with Crippen LogP contribution in [-0.2, 0) is 9.59 Å². The van der Waals surface area contributed by atoms with Gasteiger partial charge in [-0.05, 0) is 80.1 Å². The number of benzene rings is 3. The highest BCUT2D eigenvalue weighted by Crippen LogP contribution is 2.23. The first-order chi connectivity index (χ1) is 18.4. The molecule has 4 aromatic rings. The number of hydrazone groups is 1. The van der Waals surface area contributed by atoms with Gasteiger partial charge in [0.15, 0.2) is 5.16 Å². The van der Waals surface area contributed by atoms with Gasteiger partial charge in [0, 0.05) is 6.92 Å². The fourth-order valence-electron chi connectivity index (χ4n) is 3.60. The molecule has 0 aliphatic carbocycles. The summed E-state index contributed by atoms with van der Waals surface area (Å²) in [5.74, 6) is 0.356. The first-order valence-electron chi connectivity index (χ1n) is 11.9. The van der Waals surface area contributed by atoms with Crippen LogP contribution in [0.5, 0.6) is 11.5 Å². The number of esters is 1. The van der Waals surface area contributed by atoms with E-state index >= 15 is 0 Å². The van der Waals surface area contributed by atoms with E-state index in [2.05, 4.69) is 15.5 Å². The third-order valence-electron chi connectivity index (χ3n) is 5.37. The van der Waals surface area contributed by atoms with E-state index in [0.717, 1.165) is 17.3 Å². The maximum atomic E-state index is 13.4. The zero-order chi connectivity index (χ0) is 27.1. The average Bonchev–Trinajstić information content (AvgIpc) is 2.91. The quantitative estimate of drug-likeness (QED) is 0.0855. The van der Waals surface area contributed by atoms with Crippen molar-refractivity contribution in [2.75, 3.05) is 12.4 Å². The Morgan fingerprint density at radius 1 is 0.974 bits per heavy atom.